The molecule has 0 radical (unpaired) electrons. The Labute approximate surface area is 194 Å². The lowest BCUT2D eigenvalue weighted by Crippen LogP contribution is -2.48. The molecule has 33 heavy (non-hydrogen) atoms. The molecular formula is C24H20ClN5O3. The van der Waals surface area contributed by atoms with E-state index in [1.807, 2.05) is 17.0 Å². The van der Waals surface area contributed by atoms with E-state index < -0.39 is 5.97 Å². The molecule has 0 atom stereocenters. The summed E-state index contributed by atoms with van der Waals surface area (Å²) in [5.41, 5.74) is 2.55. The number of carbonyl (C=O) groups is 2. The van der Waals surface area contributed by atoms with Crippen molar-refractivity contribution in [1.29, 1.82) is 0 Å². The molecule has 0 aliphatic carbocycles. The lowest BCUT2D eigenvalue weighted by Gasteiger charge is -2.36. The van der Waals surface area contributed by atoms with Gasteiger partial charge < -0.3 is 14.9 Å². The fraction of sp³-hybridized carbons (Fsp3) is 0.167. The Hall–Kier alpha value is -3.91. The predicted octanol–water partition coefficient (Wildman–Crippen LogP) is 3.73. The van der Waals surface area contributed by atoms with Crippen molar-refractivity contribution in [3.63, 3.8) is 0 Å². The molecule has 0 spiro atoms. The van der Waals surface area contributed by atoms with Crippen molar-refractivity contribution >= 4 is 40.1 Å². The van der Waals surface area contributed by atoms with Crippen LogP contribution in [0.1, 0.15) is 20.7 Å². The van der Waals surface area contributed by atoms with Crippen LogP contribution in [0.2, 0.25) is 5.02 Å². The van der Waals surface area contributed by atoms with Gasteiger partial charge in [0.2, 0.25) is 5.95 Å². The van der Waals surface area contributed by atoms with E-state index in [4.69, 9.17) is 16.7 Å². The van der Waals surface area contributed by atoms with Crippen LogP contribution in [0.4, 0.5) is 5.69 Å². The van der Waals surface area contributed by atoms with E-state index >= 15 is 0 Å². The predicted molar refractivity (Wildman–Crippen MR) is 125 cm³/mol. The maximum atomic E-state index is 13.5. The Balaban J connectivity index is 1.38. The zero-order valence-corrected chi connectivity index (χ0v) is 18.3. The van der Waals surface area contributed by atoms with Crippen LogP contribution in [0.3, 0.4) is 0 Å². The van der Waals surface area contributed by atoms with Gasteiger partial charge in [-0.25, -0.2) is 14.8 Å². The molecule has 4 aromatic rings. The molecule has 5 rings (SSSR count). The number of aromatic carboxylic acids is 1. The first-order valence-corrected chi connectivity index (χ1v) is 10.8. The third-order valence-electron chi connectivity index (χ3n) is 5.81. The van der Waals surface area contributed by atoms with Gasteiger partial charge in [0.15, 0.2) is 0 Å². The van der Waals surface area contributed by atoms with Crippen LogP contribution in [0.25, 0.3) is 16.9 Å². The number of piperazine rings is 1. The first-order chi connectivity index (χ1) is 16.0. The van der Waals surface area contributed by atoms with E-state index in [2.05, 4.69) is 14.9 Å². The minimum Gasteiger partial charge on any atom is -0.478 e. The normalized spacial score (nSPS) is 14.0. The van der Waals surface area contributed by atoms with Crippen molar-refractivity contribution in [2.45, 2.75) is 0 Å². The van der Waals surface area contributed by atoms with Gasteiger partial charge in [-0.15, -0.1) is 0 Å². The van der Waals surface area contributed by atoms with E-state index in [-0.39, 0.29) is 11.5 Å². The average molecular weight is 462 g/mol. The van der Waals surface area contributed by atoms with Gasteiger partial charge in [-0.05, 0) is 42.5 Å². The fourth-order valence-electron chi connectivity index (χ4n) is 4.10. The van der Waals surface area contributed by atoms with E-state index in [1.54, 1.807) is 59.6 Å². The van der Waals surface area contributed by atoms with E-state index in [0.717, 1.165) is 16.6 Å². The molecule has 1 saturated heterocycles. The number of carboxylic acid groups (broad SMARTS) is 1. The number of fused-ring (bicyclic) bond motifs is 1. The molecule has 1 amide bonds. The molecule has 1 fully saturated rings. The second-order valence-corrected chi connectivity index (χ2v) is 8.19. The number of hydrogen-bond donors (Lipinski definition) is 1. The van der Waals surface area contributed by atoms with Gasteiger partial charge in [-0.3, -0.25) is 9.36 Å². The fourth-order valence-corrected chi connectivity index (χ4v) is 4.27. The number of halogens is 1. The van der Waals surface area contributed by atoms with Crippen molar-refractivity contribution < 1.29 is 14.7 Å². The van der Waals surface area contributed by atoms with E-state index in [1.165, 1.54) is 0 Å². The summed E-state index contributed by atoms with van der Waals surface area (Å²) in [4.78, 5) is 37.1. The summed E-state index contributed by atoms with van der Waals surface area (Å²) in [6.07, 6.45) is 5.08. The zero-order chi connectivity index (χ0) is 22.9. The summed E-state index contributed by atoms with van der Waals surface area (Å²) in [6, 6.07) is 14.0. The molecule has 2 aromatic heterocycles. The summed E-state index contributed by atoms with van der Waals surface area (Å²) in [5.74, 6) is -0.533. The first kappa shape index (κ1) is 21.0. The number of carbonyl (C=O) groups excluding carboxylic acids is 1. The van der Waals surface area contributed by atoms with Crippen molar-refractivity contribution in [1.82, 2.24) is 19.4 Å². The highest BCUT2D eigenvalue weighted by Crippen LogP contribution is 2.28. The summed E-state index contributed by atoms with van der Waals surface area (Å²) in [7, 11) is 0. The zero-order valence-electron chi connectivity index (χ0n) is 17.6. The van der Waals surface area contributed by atoms with Gasteiger partial charge in [0.1, 0.15) is 0 Å². The average Bonchev–Trinajstić information content (AvgIpc) is 3.23. The molecular weight excluding hydrogens is 442 g/mol. The Bertz CT molecular complexity index is 1330. The van der Waals surface area contributed by atoms with Crippen LogP contribution in [0, 0.1) is 0 Å². The van der Waals surface area contributed by atoms with Crippen LogP contribution in [-0.2, 0) is 0 Å². The van der Waals surface area contributed by atoms with E-state index in [0.29, 0.717) is 42.7 Å². The maximum absolute atomic E-state index is 13.5. The third-order valence-corrected chi connectivity index (χ3v) is 6.05. The van der Waals surface area contributed by atoms with Crippen molar-refractivity contribution in [3.05, 3.63) is 83.3 Å². The van der Waals surface area contributed by atoms with Crippen LogP contribution < -0.4 is 4.90 Å². The van der Waals surface area contributed by atoms with Crippen LogP contribution in [0.15, 0.2) is 67.1 Å². The summed E-state index contributed by atoms with van der Waals surface area (Å²) in [6.45, 7) is 2.43. The van der Waals surface area contributed by atoms with Gasteiger partial charge in [0, 0.05) is 60.9 Å². The molecule has 8 nitrogen and oxygen atoms in total. The number of anilines is 1. The Morgan fingerprint density at radius 2 is 1.64 bits per heavy atom. The minimum absolute atomic E-state index is 0.0575. The molecule has 1 aliphatic heterocycles. The largest absolute Gasteiger partial charge is 0.478 e. The van der Waals surface area contributed by atoms with Gasteiger partial charge in [0.05, 0.1) is 16.6 Å². The molecule has 1 N–H and O–H groups in total. The second-order valence-electron chi connectivity index (χ2n) is 7.75. The van der Waals surface area contributed by atoms with Crippen LogP contribution in [0.5, 0.6) is 0 Å². The highest BCUT2D eigenvalue weighted by Gasteiger charge is 2.26. The Morgan fingerprint density at radius 3 is 2.30 bits per heavy atom. The number of hydrogen-bond acceptors (Lipinski definition) is 5. The van der Waals surface area contributed by atoms with Gasteiger partial charge >= 0.3 is 5.97 Å². The SMILES string of the molecule is O=C(O)c1ccc(N2CCN(C(=O)c3cn(-c4ncccn4)c4cc(Cl)ccc34)CC2)cc1. The number of nitrogens with zero attached hydrogens (tertiary/aromatic N) is 5. The molecule has 2 aromatic carbocycles. The smallest absolute Gasteiger partial charge is 0.335 e. The van der Waals surface area contributed by atoms with Gasteiger partial charge in [-0.2, -0.15) is 0 Å². The third kappa shape index (κ3) is 4.01. The van der Waals surface area contributed by atoms with Crippen molar-refractivity contribution in [2.75, 3.05) is 31.1 Å². The first-order valence-electron chi connectivity index (χ1n) is 10.5. The van der Waals surface area contributed by atoms with Gasteiger partial charge in [-0.1, -0.05) is 17.7 Å². The molecule has 0 unspecified atom stereocenters. The molecule has 3 heterocycles. The van der Waals surface area contributed by atoms with Crippen molar-refractivity contribution in [3.8, 4) is 5.95 Å². The Kier molecular flexibility index (Phi) is 5.43. The summed E-state index contributed by atoms with van der Waals surface area (Å²) in [5, 5.41) is 10.4. The highest BCUT2D eigenvalue weighted by molar-refractivity contribution is 6.31. The standard InChI is InChI=1S/C24H20ClN5O3/c25-17-4-7-19-20(15-30(21(19)14-17)24-26-8-1-9-27-24)22(31)29-12-10-28(11-13-29)18-5-2-16(3-6-18)23(32)33/h1-9,14-15H,10-13H2,(H,32,33). The number of amides is 1. The van der Waals surface area contributed by atoms with Crippen LogP contribution >= 0.6 is 11.6 Å². The molecule has 9 heteroatoms. The monoisotopic (exact) mass is 461 g/mol. The quantitative estimate of drug-likeness (QED) is 0.498. The minimum atomic E-state index is -0.946. The number of rotatable bonds is 4. The lowest BCUT2D eigenvalue weighted by molar-refractivity contribution is 0.0695. The number of aromatic nitrogens is 3. The molecule has 166 valence electrons. The van der Waals surface area contributed by atoms with Crippen LogP contribution in [-0.4, -0.2) is 62.6 Å². The van der Waals surface area contributed by atoms with Gasteiger partial charge in [0.25, 0.3) is 5.91 Å². The molecule has 0 saturated carbocycles. The lowest BCUT2D eigenvalue weighted by atomic mass is 10.1. The topological polar surface area (TPSA) is 91.6 Å². The maximum Gasteiger partial charge on any atom is 0.335 e. The van der Waals surface area contributed by atoms with E-state index in [9.17, 15) is 9.59 Å². The number of carboxylic acids is 1. The number of benzene rings is 2. The molecule has 0 bridgehead atoms. The van der Waals surface area contributed by atoms with Crippen molar-refractivity contribution in [2.24, 2.45) is 0 Å². The Morgan fingerprint density at radius 1 is 0.939 bits per heavy atom. The summed E-state index contributed by atoms with van der Waals surface area (Å²) < 4.78 is 1.79. The highest BCUT2D eigenvalue weighted by atomic mass is 35.5. The summed E-state index contributed by atoms with van der Waals surface area (Å²) >= 11 is 6.23. The second kappa shape index (κ2) is 8.55. The molecule has 1 aliphatic rings.